The summed E-state index contributed by atoms with van der Waals surface area (Å²) < 4.78 is 39.4. The zero-order valence-electron chi connectivity index (χ0n) is 19.0. The molecule has 0 fully saturated rings. The van der Waals surface area contributed by atoms with Crippen molar-refractivity contribution >= 4 is 62.3 Å². The topological polar surface area (TPSA) is 86.8 Å². The lowest BCUT2D eigenvalue weighted by atomic mass is 10.1. The standard InChI is InChI=1S/C22H25Cl3FN3O4S/c1-13(2)27-22(31)14(3)28(11-15-5-6-16(23)9-18(15)24)21(30)12-29(34(4,32)33)17-7-8-20(26)19(25)10-17/h5-10,13-14H,11-12H2,1-4H3,(H,27,31)/t14-/m1/s1. The monoisotopic (exact) mass is 551 g/mol. The summed E-state index contributed by atoms with van der Waals surface area (Å²) in [5, 5.41) is 3.12. The fraction of sp³-hybridized carbons (Fsp3) is 0.364. The van der Waals surface area contributed by atoms with Crippen LogP contribution in [0.2, 0.25) is 15.1 Å². The van der Waals surface area contributed by atoms with E-state index in [1.807, 2.05) is 0 Å². The van der Waals surface area contributed by atoms with E-state index in [0.29, 0.717) is 10.6 Å². The quantitative estimate of drug-likeness (QED) is 0.496. The molecule has 12 heteroatoms. The lowest BCUT2D eigenvalue weighted by molar-refractivity contribution is -0.139. The minimum atomic E-state index is -3.97. The maximum atomic E-state index is 13.6. The molecule has 0 heterocycles. The number of anilines is 1. The van der Waals surface area contributed by atoms with Gasteiger partial charge in [0.1, 0.15) is 18.4 Å². The van der Waals surface area contributed by atoms with Crippen molar-refractivity contribution in [2.45, 2.75) is 39.4 Å². The van der Waals surface area contributed by atoms with Crippen LogP contribution in [0, 0.1) is 5.82 Å². The molecule has 186 valence electrons. The molecule has 0 aliphatic carbocycles. The Morgan fingerprint density at radius 3 is 2.21 bits per heavy atom. The Bertz CT molecular complexity index is 1180. The second-order valence-electron chi connectivity index (χ2n) is 7.96. The number of amides is 2. The fourth-order valence-corrected chi connectivity index (χ4v) is 4.56. The SMILES string of the molecule is CC(C)NC(=O)[C@@H](C)N(Cc1ccc(Cl)cc1Cl)C(=O)CN(c1ccc(F)c(Cl)c1)S(C)(=O)=O. The zero-order valence-corrected chi connectivity index (χ0v) is 22.1. The van der Waals surface area contributed by atoms with Crippen LogP contribution < -0.4 is 9.62 Å². The molecule has 0 aliphatic heterocycles. The minimum absolute atomic E-state index is 0.00557. The highest BCUT2D eigenvalue weighted by atomic mass is 35.5. The van der Waals surface area contributed by atoms with Gasteiger partial charge in [-0.25, -0.2) is 12.8 Å². The molecular formula is C22H25Cl3FN3O4S. The number of carbonyl (C=O) groups is 2. The zero-order chi connectivity index (χ0) is 25.8. The molecule has 2 aromatic carbocycles. The number of nitrogens with one attached hydrogen (secondary N) is 1. The van der Waals surface area contributed by atoms with Crippen molar-refractivity contribution in [2.75, 3.05) is 17.1 Å². The molecule has 0 saturated heterocycles. The fourth-order valence-electron chi connectivity index (χ4n) is 3.08. The molecule has 1 N–H and O–H groups in total. The third-order valence-corrected chi connectivity index (χ3v) is 6.84. The van der Waals surface area contributed by atoms with Gasteiger partial charge in [-0.15, -0.1) is 0 Å². The maximum Gasteiger partial charge on any atom is 0.244 e. The number of halogens is 4. The van der Waals surface area contributed by atoms with Crippen molar-refractivity contribution in [3.05, 3.63) is 62.8 Å². The van der Waals surface area contributed by atoms with Crippen molar-refractivity contribution in [1.29, 1.82) is 0 Å². The van der Waals surface area contributed by atoms with Crippen LogP contribution >= 0.6 is 34.8 Å². The van der Waals surface area contributed by atoms with E-state index in [9.17, 15) is 22.4 Å². The van der Waals surface area contributed by atoms with E-state index in [-0.39, 0.29) is 28.3 Å². The number of rotatable bonds is 9. The largest absolute Gasteiger partial charge is 0.352 e. The van der Waals surface area contributed by atoms with Crippen LogP contribution in [0.4, 0.5) is 10.1 Å². The number of benzene rings is 2. The summed E-state index contributed by atoms with van der Waals surface area (Å²) in [4.78, 5) is 27.3. The van der Waals surface area contributed by atoms with E-state index >= 15 is 0 Å². The number of nitrogens with zero attached hydrogens (tertiary/aromatic N) is 2. The summed E-state index contributed by atoms with van der Waals surface area (Å²) in [5.74, 6) is -1.84. The summed E-state index contributed by atoms with van der Waals surface area (Å²) >= 11 is 18.0. The number of carbonyl (C=O) groups excluding carboxylic acids is 2. The van der Waals surface area contributed by atoms with Gasteiger partial charge in [-0.2, -0.15) is 0 Å². The smallest absolute Gasteiger partial charge is 0.244 e. The first kappa shape index (κ1) is 28.2. The summed E-state index contributed by atoms with van der Waals surface area (Å²) in [7, 11) is -3.97. The molecular weight excluding hydrogens is 528 g/mol. The van der Waals surface area contributed by atoms with E-state index in [0.717, 1.165) is 22.7 Å². The predicted molar refractivity (Wildman–Crippen MR) is 133 cm³/mol. The first-order chi connectivity index (χ1) is 15.7. The van der Waals surface area contributed by atoms with Crippen LogP contribution in [0.1, 0.15) is 26.3 Å². The molecule has 2 amide bonds. The van der Waals surface area contributed by atoms with E-state index in [2.05, 4.69) is 5.32 Å². The number of hydrogen-bond acceptors (Lipinski definition) is 4. The molecule has 2 rings (SSSR count). The first-order valence-corrected chi connectivity index (χ1v) is 13.2. The highest BCUT2D eigenvalue weighted by molar-refractivity contribution is 7.92. The molecule has 0 radical (unpaired) electrons. The van der Waals surface area contributed by atoms with Crippen LogP contribution in [0.15, 0.2) is 36.4 Å². The molecule has 7 nitrogen and oxygen atoms in total. The summed E-state index contributed by atoms with van der Waals surface area (Å²) in [5.41, 5.74) is 0.519. The van der Waals surface area contributed by atoms with Crippen LogP contribution in [-0.4, -0.2) is 50.0 Å². The third kappa shape index (κ3) is 7.46. The molecule has 0 saturated carbocycles. The average molecular weight is 553 g/mol. The second-order valence-corrected chi connectivity index (χ2v) is 11.1. The minimum Gasteiger partial charge on any atom is -0.352 e. The molecule has 34 heavy (non-hydrogen) atoms. The molecule has 2 aromatic rings. The van der Waals surface area contributed by atoms with Crippen molar-refractivity contribution in [1.82, 2.24) is 10.2 Å². The highest BCUT2D eigenvalue weighted by Crippen LogP contribution is 2.26. The Balaban J connectivity index is 2.44. The van der Waals surface area contributed by atoms with Gasteiger partial charge < -0.3 is 10.2 Å². The Hall–Kier alpha value is -2.07. The van der Waals surface area contributed by atoms with Gasteiger partial charge in [0, 0.05) is 22.6 Å². The maximum absolute atomic E-state index is 13.6. The van der Waals surface area contributed by atoms with Crippen molar-refractivity contribution in [3.8, 4) is 0 Å². The Morgan fingerprint density at radius 2 is 1.68 bits per heavy atom. The predicted octanol–water partition coefficient (Wildman–Crippen LogP) is 4.49. The average Bonchev–Trinajstić information content (AvgIpc) is 2.71. The molecule has 0 aliphatic rings. The molecule has 1 atom stereocenters. The van der Waals surface area contributed by atoms with Crippen LogP contribution in [0.25, 0.3) is 0 Å². The summed E-state index contributed by atoms with van der Waals surface area (Å²) in [6.07, 6.45) is 0.910. The van der Waals surface area contributed by atoms with Gasteiger partial charge in [-0.1, -0.05) is 40.9 Å². The molecule has 0 aromatic heterocycles. The van der Waals surface area contributed by atoms with Gasteiger partial charge in [0.05, 0.1) is 17.0 Å². The van der Waals surface area contributed by atoms with E-state index in [1.165, 1.54) is 24.0 Å². The van der Waals surface area contributed by atoms with Crippen LogP contribution in [0.3, 0.4) is 0 Å². The second kappa shape index (κ2) is 11.6. The van der Waals surface area contributed by atoms with Gasteiger partial charge in [0.2, 0.25) is 21.8 Å². The van der Waals surface area contributed by atoms with Gasteiger partial charge in [-0.3, -0.25) is 13.9 Å². The van der Waals surface area contributed by atoms with Gasteiger partial charge >= 0.3 is 0 Å². The summed E-state index contributed by atoms with van der Waals surface area (Å²) in [6.45, 7) is 4.35. The Kier molecular flexibility index (Phi) is 9.59. The number of hydrogen-bond donors (Lipinski definition) is 1. The van der Waals surface area contributed by atoms with E-state index in [4.69, 9.17) is 34.8 Å². The van der Waals surface area contributed by atoms with Gasteiger partial charge in [0.15, 0.2) is 0 Å². The van der Waals surface area contributed by atoms with Crippen LogP contribution in [0.5, 0.6) is 0 Å². The third-order valence-electron chi connectivity index (χ3n) is 4.82. The lowest BCUT2D eigenvalue weighted by Crippen LogP contribution is -2.52. The number of sulfonamides is 1. The Morgan fingerprint density at radius 1 is 1.03 bits per heavy atom. The molecule has 0 unspecified atom stereocenters. The van der Waals surface area contributed by atoms with E-state index < -0.39 is 40.2 Å². The molecule has 0 spiro atoms. The van der Waals surface area contributed by atoms with Crippen LogP contribution in [-0.2, 0) is 26.2 Å². The molecule has 0 bridgehead atoms. The highest BCUT2D eigenvalue weighted by Gasteiger charge is 2.31. The summed E-state index contributed by atoms with van der Waals surface area (Å²) in [6, 6.07) is 6.89. The Labute approximate surface area is 213 Å². The van der Waals surface area contributed by atoms with Gasteiger partial charge in [0.25, 0.3) is 0 Å². The van der Waals surface area contributed by atoms with E-state index in [1.54, 1.807) is 26.0 Å². The first-order valence-electron chi connectivity index (χ1n) is 10.2. The van der Waals surface area contributed by atoms with Crippen molar-refractivity contribution in [2.24, 2.45) is 0 Å². The van der Waals surface area contributed by atoms with Crippen molar-refractivity contribution in [3.63, 3.8) is 0 Å². The lowest BCUT2D eigenvalue weighted by Gasteiger charge is -2.32. The van der Waals surface area contributed by atoms with Crippen molar-refractivity contribution < 1.29 is 22.4 Å². The van der Waals surface area contributed by atoms with Gasteiger partial charge in [-0.05, 0) is 56.7 Å². The normalized spacial score (nSPS) is 12.4.